The predicted octanol–water partition coefficient (Wildman–Crippen LogP) is 1.65. The normalized spacial score (nSPS) is 12.9. The van der Waals surface area contributed by atoms with Gasteiger partial charge in [0, 0.05) is 5.30 Å². The van der Waals surface area contributed by atoms with Crippen LogP contribution in [0.2, 0.25) is 0 Å². The van der Waals surface area contributed by atoms with E-state index < -0.39 is 8.38 Å². The number of hydrogen-bond donors (Lipinski definition) is 1. The maximum absolute atomic E-state index is 9.36. The summed E-state index contributed by atoms with van der Waals surface area (Å²) in [5.74, 6) is 0. The Morgan fingerprint density at radius 1 is 1.36 bits per heavy atom. The highest BCUT2D eigenvalue weighted by Crippen LogP contribution is 2.29. The molecule has 0 amide bonds. The lowest BCUT2D eigenvalue weighted by atomic mass is 10.4. The zero-order chi connectivity index (χ0) is 8.10. The van der Waals surface area contributed by atoms with Crippen molar-refractivity contribution in [2.24, 2.45) is 0 Å². The van der Waals surface area contributed by atoms with Crippen molar-refractivity contribution in [2.75, 3.05) is 6.61 Å². The monoisotopic (exact) mass is 170 g/mol. The molecule has 3 heteroatoms. The van der Waals surface area contributed by atoms with Gasteiger partial charge in [0.2, 0.25) is 8.38 Å². The van der Waals surface area contributed by atoms with Crippen LogP contribution in [0.1, 0.15) is 6.92 Å². The summed E-state index contributed by atoms with van der Waals surface area (Å²) in [6.45, 7) is 2.42. The van der Waals surface area contributed by atoms with Crippen LogP contribution in [0.15, 0.2) is 30.3 Å². The average Bonchev–Trinajstić information content (AvgIpc) is 2.07. The molecule has 0 fully saturated rings. The average molecular weight is 170 g/mol. The van der Waals surface area contributed by atoms with Crippen molar-refractivity contribution in [1.29, 1.82) is 0 Å². The van der Waals surface area contributed by atoms with Crippen LogP contribution in [0.25, 0.3) is 0 Å². The number of hydrogen-bond acceptors (Lipinski definition) is 2. The Balaban J connectivity index is 2.61. The van der Waals surface area contributed by atoms with Gasteiger partial charge in [-0.3, -0.25) is 0 Å². The lowest BCUT2D eigenvalue weighted by Crippen LogP contribution is -2.00. The highest BCUT2D eigenvalue weighted by molar-refractivity contribution is 7.55. The number of rotatable bonds is 3. The quantitative estimate of drug-likeness (QED) is 0.699. The Labute approximate surface area is 67.7 Å². The molecule has 0 radical (unpaired) electrons. The molecule has 0 aliphatic carbocycles. The summed E-state index contributed by atoms with van der Waals surface area (Å²) in [7, 11) is -1.38. The van der Waals surface area contributed by atoms with Crippen molar-refractivity contribution in [1.82, 2.24) is 0 Å². The van der Waals surface area contributed by atoms with Crippen LogP contribution in [-0.4, -0.2) is 11.5 Å². The van der Waals surface area contributed by atoms with Crippen LogP contribution in [0.4, 0.5) is 0 Å². The molecule has 2 nitrogen and oxygen atoms in total. The van der Waals surface area contributed by atoms with E-state index in [-0.39, 0.29) is 0 Å². The van der Waals surface area contributed by atoms with E-state index in [1.54, 1.807) is 0 Å². The van der Waals surface area contributed by atoms with Crippen LogP contribution in [-0.2, 0) is 4.52 Å². The molecule has 0 aromatic heterocycles. The molecule has 0 bridgehead atoms. The largest absolute Gasteiger partial charge is 0.346 e. The van der Waals surface area contributed by atoms with Gasteiger partial charge in [-0.05, 0) is 19.1 Å². The summed E-state index contributed by atoms with van der Waals surface area (Å²) in [4.78, 5) is 9.36. The van der Waals surface area contributed by atoms with Gasteiger partial charge in [-0.2, -0.15) is 0 Å². The van der Waals surface area contributed by atoms with Crippen molar-refractivity contribution in [3.05, 3.63) is 30.3 Å². The number of benzene rings is 1. The van der Waals surface area contributed by atoms with E-state index in [1.807, 2.05) is 37.3 Å². The molecule has 1 aromatic rings. The minimum atomic E-state index is -1.38. The molecule has 1 rings (SSSR count). The molecule has 0 saturated heterocycles. The molecular formula is C8H11O2P. The SMILES string of the molecule is CCOP(O)c1ccccc1. The van der Waals surface area contributed by atoms with E-state index in [0.717, 1.165) is 5.30 Å². The summed E-state index contributed by atoms with van der Waals surface area (Å²) >= 11 is 0. The second kappa shape index (κ2) is 4.45. The Morgan fingerprint density at radius 3 is 2.55 bits per heavy atom. The van der Waals surface area contributed by atoms with E-state index >= 15 is 0 Å². The second-order valence-electron chi connectivity index (χ2n) is 2.03. The van der Waals surface area contributed by atoms with Gasteiger partial charge in [-0.1, -0.05) is 18.2 Å². The van der Waals surface area contributed by atoms with E-state index in [4.69, 9.17) is 4.52 Å². The molecule has 0 aliphatic heterocycles. The molecule has 1 N–H and O–H groups in total. The molecule has 1 aromatic carbocycles. The van der Waals surface area contributed by atoms with E-state index in [2.05, 4.69) is 0 Å². The van der Waals surface area contributed by atoms with Gasteiger partial charge in [-0.15, -0.1) is 0 Å². The topological polar surface area (TPSA) is 29.5 Å². The molecular weight excluding hydrogens is 159 g/mol. The zero-order valence-electron chi connectivity index (χ0n) is 6.40. The fourth-order valence-electron chi connectivity index (χ4n) is 0.752. The van der Waals surface area contributed by atoms with Crippen LogP contribution >= 0.6 is 8.38 Å². The third-order valence-electron chi connectivity index (χ3n) is 1.23. The van der Waals surface area contributed by atoms with Crippen molar-refractivity contribution in [3.8, 4) is 0 Å². The Morgan fingerprint density at radius 2 is 2.00 bits per heavy atom. The van der Waals surface area contributed by atoms with Gasteiger partial charge >= 0.3 is 0 Å². The van der Waals surface area contributed by atoms with Gasteiger partial charge < -0.3 is 9.42 Å². The first-order chi connectivity index (χ1) is 5.34. The third-order valence-corrected chi connectivity index (χ3v) is 2.47. The van der Waals surface area contributed by atoms with E-state index in [0.29, 0.717) is 6.61 Å². The summed E-state index contributed by atoms with van der Waals surface area (Å²) in [6, 6.07) is 9.42. The minimum absolute atomic E-state index is 0.553. The first-order valence-electron chi connectivity index (χ1n) is 3.51. The first kappa shape index (κ1) is 8.66. The standard InChI is InChI=1S/C8H11O2P/c1-2-10-11(9)8-6-4-3-5-7-8/h3-7,9H,2H2,1H3. The van der Waals surface area contributed by atoms with Gasteiger partial charge in [-0.25, -0.2) is 0 Å². The molecule has 0 spiro atoms. The van der Waals surface area contributed by atoms with Crippen LogP contribution in [0.5, 0.6) is 0 Å². The molecule has 0 saturated carbocycles. The molecule has 1 unspecified atom stereocenters. The maximum atomic E-state index is 9.36. The smallest absolute Gasteiger partial charge is 0.202 e. The molecule has 1 atom stereocenters. The summed E-state index contributed by atoms with van der Waals surface area (Å²) in [5.41, 5.74) is 0. The van der Waals surface area contributed by atoms with Crippen LogP contribution in [0, 0.1) is 0 Å². The van der Waals surface area contributed by atoms with Crippen LogP contribution in [0.3, 0.4) is 0 Å². The second-order valence-corrected chi connectivity index (χ2v) is 3.35. The summed E-state index contributed by atoms with van der Waals surface area (Å²) < 4.78 is 5.05. The van der Waals surface area contributed by atoms with Crippen molar-refractivity contribution in [3.63, 3.8) is 0 Å². The van der Waals surface area contributed by atoms with E-state index in [1.165, 1.54) is 0 Å². The van der Waals surface area contributed by atoms with Gasteiger partial charge in [0.1, 0.15) is 0 Å². The van der Waals surface area contributed by atoms with E-state index in [9.17, 15) is 4.89 Å². The Kier molecular flexibility index (Phi) is 3.50. The summed E-state index contributed by atoms with van der Waals surface area (Å²) in [6.07, 6.45) is 0. The highest BCUT2D eigenvalue weighted by atomic mass is 31.2. The Hall–Kier alpha value is -0.430. The lowest BCUT2D eigenvalue weighted by Gasteiger charge is -2.07. The van der Waals surface area contributed by atoms with Gasteiger partial charge in [0.25, 0.3) is 0 Å². The fraction of sp³-hybridized carbons (Fsp3) is 0.250. The van der Waals surface area contributed by atoms with Gasteiger partial charge in [0.15, 0.2) is 0 Å². The zero-order valence-corrected chi connectivity index (χ0v) is 7.29. The molecule has 11 heavy (non-hydrogen) atoms. The first-order valence-corrected chi connectivity index (χ1v) is 4.73. The maximum Gasteiger partial charge on any atom is 0.202 e. The van der Waals surface area contributed by atoms with Gasteiger partial charge in [0.05, 0.1) is 6.61 Å². The molecule has 0 aliphatic rings. The molecule has 0 heterocycles. The fourth-order valence-corrected chi connectivity index (χ4v) is 1.57. The molecule has 60 valence electrons. The van der Waals surface area contributed by atoms with Crippen LogP contribution < -0.4 is 5.30 Å². The predicted molar refractivity (Wildman–Crippen MR) is 46.8 cm³/mol. The van der Waals surface area contributed by atoms with Crippen molar-refractivity contribution < 1.29 is 9.42 Å². The minimum Gasteiger partial charge on any atom is -0.346 e. The Bertz CT molecular complexity index is 201. The highest BCUT2D eigenvalue weighted by Gasteiger charge is 2.05. The summed E-state index contributed by atoms with van der Waals surface area (Å²) in [5, 5.41) is 0.865. The third kappa shape index (κ3) is 2.58. The van der Waals surface area contributed by atoms with Crippen molar-refractivity contribution in [2.45, 2.75) is 6.92 Å². The van der Waals surface area contributed by atoms with Crippen molar-refractivity contribution >= 4 is 13.7 Å². The lowest BCUT2D eigenvalue weighted by molar-refractivity contribution is 0.337.